The van der Waals surface area contributed by atoms with Gasteiger partial charge in [0.05, 0.1) is 11.5 Å². The average molecular weight is 253 g/mol. The van der Waals surface area contributed by atoms with Gasteiger partial charge in [0.15, 0.2) is 0 Å². The van der Waals surface area contributed by atoms with Crippen molar-refractivity contribution in [1.29, 1.82) is 0 Å². The summed E-state index contributed by atoms with van der Waals surface area (Å²) in [4.78, 5) is 23.0. The maximum atomic E-state index is 11.8. The zero-order valence-electron chi connectivity index (χ0n) is 9.01. The molecule has 0 fully saturated rings. The molecule has 0 aliphatic rings. The van der Waals surface area contributed by atoms with Crippen LogP contribution in [0.25, 0.3) is 0 Å². The van der Waals surface area contributed by atoms with Crippen molar-refractivity contribution >= 4 is 23.2 Å². The van der Waals surface area contributed by atoms with Crippen LogP contribution in [-0.4, -0.2) is 29.3 Å². The molecule has 0 atom stereocenters. The number of benzene rings is 1. The van der Waals surface area contributed by atoms with Crippen LogP contribution in [0, 0.1) is 22.5 Å². The van der Waals surface area contributed by atoms with Gasteiger partial charge in [-0.25, -0.2) is 0 Å². The molecule has 0 aliphatic heterocycles. The van der Waals surface area contributed by atoms with E-state index < -0.39 is 4.92 Å². The van der Waals surface area contributed by atoms with E-state index in [9.17, 15) is 14.9 Å². The fourth-order valence-corrected chi connectivity index (χ4v) is 1.47. The van der Waals surface area contributed by atoms with Gasteiger partial charge in [-0.15, -0.1) is 6.42 Å². The van der Waals surface area contributed by atoms with Crippen molar-refractivity contribution in [3.05, 3.63) is 38.9 Å². The largest absolute Gasteiger partial charge is 0.331 e. The van der Waals surface area contributed by atoms with E-state index >= 15 is 0 Å². The summed E-state index contributed by atoms with van der Waals surface area (Å²) in [7, 11) is 1.54. The molecule has 6 heteroatoms. The third kappa shape index (κ3) is 2.95. The van der Waals surface area contributed by atoms with Crippen LogP contribution in [0.1, 0.15) is 10.4 Å². The highest BCUT2D eigenvalue weighted by molar-refractivity contribution is 6.33. The summed E-state index contributed by atoms with van der Waals surface area (Å²) in [5.74, 6) is 1.99. The Hall–Kier alpha value is -2.06. The van der Waals surface area contributed by atoms with Crippen LogP contribution < -0.4 is 0 Å². The lowest BCUT2D eigenvalue weighted by Gasteiger charge is -2.13. The minimum Gasteiger partial charge on any atom is -0.331 e. The van der Waals surface area contributed by atoms with Gasteiger partial charge < -0.3 is 4.90 Å². The summed E-state index contributed by atoms with van der Waals surface area (Å²) in [5.41, 5.74) is 0.0289. The van der Waals surface area contributed by atoms with Crippen molar-refractivity contribution in [2.24, 2.45) is 0 Å². The number of hydrogen-bond donors (Lipinski definition) is 0. The van der Waals surface area contributed by atoms with Crippen molar-refractivity contribution in [3.63, 3.8) is 0 Å². The lowest BCUT2D eigenvalue weighted by molar-refractivity contribution is -0.384. The van der Waals surface area contributed by atoms with Gasteiger partial charge in [0.25, 0.3) is 11.6 Å². The molecule has 0 aromatic heterocycles. The predicted octanol–water partition coefficient (Wildman–Crippen LogP) is 1.95. The molecule has 1 rings (SSSR count). The number of amides is 1. The van der Waals surface area contributed by atoms with Crippen LogP contribution in [0.5, 0.6) is 0 Å². The lowest BCUT2D eigenvalue weighted by Crippen LogP contribution is -2.26. The highest BCUT2D eigenvalue weighted by atomic mass is 35.5. The van der Waals surface area contributed by atoms with E-state index in [1.807, 2.05) is 0 Å². The quantitative estimate of drug-likeness (QED) is 0.469. The molecule has 1 aromatic rings. The van der Waals surface area contributed by atoms with E-state index in [1.54, 1.807) is 0 Å². The standard InChI is InChI=1S/C11H9ClN2O3/c1-3-6-13(2)11(15)8-4-5-10(14(16)17)9(12)7-8/h1,4-5,7H,6H2,2H3. The van der Waals surface area contributed by atoms with Gasteiger partial charge in [0, 0.05) is 18.7 Å². The molecule has 0 saturated carbocycles. The third-order valence-electron chi connectivity index (χ3n) is 2.07. The first-order valence-electron chi connectivity index (χ1n) is 4.60. The van der Waals surface area contributed by atoms with Gasteiger partial charge in [0.2, 0.25) is 0 Å². The molecular weight excluding hydrogens is 244 g/mol. The van der Waals surface area contributed by atoms with Crippen molar-refractivity contribution in [3.8, 4) is 12.3 Å². The highest BCUT2D eigenvalue weighted by Gasteiger charge is 2.17. The number of terminal acetylenes is 1. The van der Waals surface area contributed by atoms with E-state index in [2.05, 4.69) is 5.92 Å². The van der Waals surface area contributed by atoms with E-state index in [4.69, 9.17) is 18.0 Å². The van der Waals surface area contributed by atoms with Crippen LogP contribution in [0.2, 0.25) is 5.02 Å². The van der Waals surface area contributed by atoms with Crippen molar-refractivity contribution < 1.29 is 9.72 Å². The molecule has 0 saturated heterocycles. The fraction of sp³-hybridized carbons (Fsp3) is 0.182. The normalized spacial score (nSPS) is 9.47. The monoisotopic (exact) mass is 252 g/mol. The second-order valence-corrected chi connectivity index (χ2v) is 3.70. The summed E-state index contributed by atoms with van der Waals surface area (Å²) in [6.07, 6.45) is 5.08. The molecule has 1 aromatic carbocycles. The van der Waals surface area contributed by atoms with Crippen LogP contribution in [-0.2, 0) is 0 Å². The van der Waals surface area contributed by atoms with Gasteiger partial charge >= 0.3 is 0 Å². The molecule has 0 unspecified atom stereocenters. The Morgan fingerprint density at radius 3 is 2.76 bits per heavy atom. The average Bonchev–Trinajstić information content (AvgIpc) is 2.27. The second kappa shape index (κ2) is 5.32. The molecule has 88 valence electrons. The zero-order valence-corrected chi connectivity index (χ0v) is 9.77. The molecule has 0 aliphatic carbocycles. The number of halogens is 1. The van der Waals surface area contributed by atoms with Crippen molar-refractivity contribution in [2.45, 2.75) is 0 Å². The van der Waals surface area contributed by atoms with Gasteiger partial charge in [-0.1, -0.05) is 17.5 Å². The zero-order chi connectivity index (χ0) is 13.0. The number of nitrogens with zero attached hydrogens (tertiary/aromatic N) is 2. The Morgan fingerprint density at radius 2 is 2.29 bits per heavy atom. The first-order valence-corrected chi connectivity index (χ1v) is 4.98. The van der Waals surface area contributed by atoms with Gasteiger partial charge in [-0.3, -0.25) is 14.9 Å². The Kier molecular flexibility index (Phi) is 4.07. The number of rotatable bonds is 3. The molecule has 0 heterocycles. The molecule has 1 amide bonds. The molecule has 17 heavy (non-hydrogen) atoms. The van der Waals surface area contributed by atoms with E-state index in [-0.39, 0.29) is 28.7 Å². The number of carbonyl (C=O) groups excluding carboxylic acids is 1. The summed E-state index contributed by atoms with van der Waals surface area (Å²) >= 11 is 5.70. The van der Waals surface area contributed by atoms with Crippen molar-refractivity contribution in [2.75, 3.05) is 13.6 Å². The molecule has 0 N–H and O–H groups in total. The topological polar surface area (TPSA) is 63.5 Å². The van der Waals surface area contributed by atoms with E-state index in [0.717, 1.165) is 0 Å². The van der Waals surface area contributed by atoms with Gasteiger partial charge in [0.1, 0.15) is 5.02 Å². The Balaban J connectivity index is 3.02. The summed E-state index contributed by atoms with van der Waals surface area (Å²) in [6.45, 7) is 0.160. The third-order valence-corrected chi connectivity index (χ3v) is 2.37. The molecule has 0 radical (unpaired) electrons. The maximum absolute atomic E-state index is 11.8. The SMILES string of the molecule is C#CCN(C)C(=O)c1ccc([N+](=O)[O-])c(Cl)c1. The Morgan fingerprint density at radius 1 is 1.65 bits per heavy atom. The van der Waals surface area contributed by atoms with Crippen molar-refractivity contribution in [1.82, 2.24) is 4.90 Å². The van der Waals surface area contributed by atoms with Crippen LogP contribution >= 0.6 is 11.6 Å². The van der Waals surface area contributed by atoms with Gasteiger partial charge in [-0.05, 0) is 12.1 Å². The predicted molar refractivity (Wildman–Crippen MR) is 63.9 cm³/mol. The smallest absolute Gasteiger partial charge is 0.287 e. The lowest BCUT2D eigenvalue weighted by atomic mass is 10.2. The van der Waals surface area contributed by atoms with Crippen LogP contribution in [0.3, 0.4) is 0 Å². The second-order valence-electron chi connectivity index (χ2n) is 3.29. The van der Waals surface area contributed by atoms with Crippen LogP contribution in [0.15, 0.2) is 18.2 Å². The number of carbonyl (C=O) groups is 1. The molecular formula is C11H9ClN2O3. The van der Waals surface area contributed by atoms with E-state index in [0.29, 0.717) is 0 Å². The Labute approximate surface area is 103 Å². The summed E-state index contributed by atoms with van der Waals surface area (Å²) in [5, 5.41) is 10.5. The number of hydrogen-bond acceptors (Lipinski definition) is 3. The molecule has 0 spiro atoms. The van der Waals surface area contributed by atoms with Crippen LogP contribution in [0.4, 0.5) is 5.69 Å². The van der Waals surface area contributed by atoms with E-state index in [1.165, 1.54) is 30.1 Å². The van der Waals surface area contributed by atoms with Gasteiger partial charge in [-0.2, -0.15) is 0 Å². The molecule has 5 nitrogen and oxygen atoms in total. The fourth-order valence-electron chi connectivity index (χ4n) is 1.22. The first kappa shape index (κ1) is 13.0. The maximum Gasteiger partial charge on any atom is 0.287 e. The molecule has 0 bridgehead atoms. The Bertz CT molecular complexity index is 508. The number of nitro groups is 1. The summed E-state index contributed by atoms with van der Waals surface area (Å²) < 4.78 is 0. The minimum atomic E-state index is -0.609. The first-order chi connectivity index (χ1) is 7.97. The summed E-state index contributed by atoms with van der Waals surface area (Å²) in [6, 6.07) is 3.80. The minimum absolute atomic E-state index is 0.0741. The highest BCUT2D eigenvalue weighted by Crippen LogP contribution is 2.25. The number of nitro benzene ring substituents is 1.